The zero-order valence-corrected chi connectivity index (χ0v) is 16.1. The average molecular weight is 341 g/mol. The Hall–Kier alpha value is -1.58. The highest BCUT2D eigenvalue weighted by molar-refractivity contribution is 5.87. The van der Waals surface area contributed by atoms with Crippen LogP contribution in [0.2, 0.25) is 0 Å². The molecular weight excluding hydrogens is 304 g/mol. The largest absolute Gasteiger partial charge is 0.462 e. The molecule has 0 radical (unpaired) electrons. The summed E-state index contributed by atoms with van der Waals surface area (Å²) in [5.74, 6) is -0.544. The van der Waals surface area contributed by atoms with E-state index in [9.17, 15) is 9.59 Å². The average Bonchev–Trinajstić information content (AvgIpc) is 2.54. The third-order valence-electron chi connectivity index (χ3n) is 3.16. The predicted octanol–water partition coefficient (Wildman–Crippen LogP) is 5.37. The van der Waals surface area contributed by atoms with Crippen LogP contribution in [-0.4, -0.2) is 25.2 Å². The maximum absolute atomic E-state index is 10.9. The summed E-state index contributed by atoms with van der Waals surface area (Å²) in [6, 6.07) is 0. The molecule has 4 heteroatoms. The molecule has 0 aliphatic heterocycles. The van der Waals surface area contributed by atoms with E-state index in [-0.39, 0.29) is 11.9 Å². The first-order valence-corrected chi connectivity index (χ1v) is 9.02. The number of hydrogen-bond donors (Lipinski definition) is 0. The number of unbranched alkanes of at least 4 members (excludes halogenated alkanes) is 6. The van der Waals surface area contributed by atoms with Crippen LogP contribution in [0.25, 0.3) is 0 Å². The second-order valence-corrected chi connectivity index (χ2v) is 5.95. The van der Waals surface area contributed by atoms with Gasteiger partial charge in [-0.15, -0.1) is 0 Å². The Morgan fingerprint density at radius 2 is 1.00 bits per heavy atom. The number of ether oxygens (including phenoxy) is 2. The Balaban J connectivity index is 0. The van der Waals surface area contributed by atoms with Gasteiger partial charge >= 0.3 is 11.9 Å². The molecule has 0 aliphatic rings. The van der Waals surface area contributed by atoms with E-state index in [0.29, 0.717) is 24.4 Å². The van der Waals surface area contributed by atoms with Crippen molar-refractivity contribution in [1.29, 1.82) is 0 Å². The van der Waals surface area contributed by atoms with Crippen LogP contribution in [0.15, 0.2) is 24.3 Å². The fourth-order valence-electron chi connectivity index (χ4n) is 1.63. The molecule has 0 saturated heterocycles. The monoisotopic (exact) mass is 340 g/mol. The van der Waals surface area contributed by atoms with Gasteiger partial charge in [-0.25, -0.2) is 9.59 Å². The number of rotatable bonds is 12. The van der Waals surface area contributed by atoms with E-state index in [1.807, 2.05) is 0 Å². The van der Waals surface area contributed by atoms with Crippen molar-refractivity contribution in [2.24, 2.45) is 0 Å². The highest BCUT2D eigenvalue weighted by Gasteiger charge is 2.01. The third kappa shape index (κ3) is 18.5. The molecule has 0 aromatic heterocycles. The van der Waals surface area contributed by atoms with Crippen LogP contribution in [0.5, 0.6) is 0 Å². The molecular formula is C20H36O4. The molecule has 0 amide bonds. The fraction of sp³-hybridized carbons (Fsp3) is 0.700. The Morgan fingerprint density at radius 3 is 1.25 bits per heavy atom. The standard InChI is InChI=1S/2C10H18O2/c2*1-4-5-6-7-8-12-10(11)9(2)3/h2*2,4-8H2,1,3H3. The SMILES string of the molecule is C=C(C)C(=O)OCCCCCC.C=C(C)C(=O)OCCCCCC. The lowest BCUT2D eigenvalue weighted by Gasteiger charge is -2.02. The van der Waals surface area contributed by atoms with E-state index < -0.39 is 0 Å². The topological polar surface area (TPSA) is 52.6 Å². The highest BCUT2D eigenvalue weighted by Crippen LogP contribution is 2.01. The van der Waals surface area contributed by atoms with Gasteiger partial charge in [-0.3, -0.25) is 0 Å². The van der Waals surface area contributed by atoms with E-state index >= 15 is 0 Å². The van der Waals surface area contributed by atoms with Gasteiger partial charge in [0.15, 0.2) is 0 Å². The Bertz CT molecular complexity index is 336. The third-order valence-corrected chi connectivity index (χ3v) is 3.16. The Morgan fingerprint density at radius 1 is 0.667 bits per heavy atom. The number of hydrogen-bond acceptors (Lipinski definition) is 4. The van der Waals surface area contributed by atoms with Gasteiger partial charge in [0.1, 0.15) is 0 Å². The van der Waals surface area contributed by atoms with Crippen molar-refractivity contribution in [2.75, 3.05) is 13.2 Å². The summed E-state index contributed by atoms with van der Waals surface area (Å²) in [6.07, 6.45) is 9.04. The van der Waals surface area contributed by atoms with E-state index in [2.05, 4.69) is 27.0 Å². The molecule has 24 heavy (non-hydrogen) atoms. The molecule has 0 unspecified atom stereocenters. The maximum Gasteiger partial charge on any atom is 0.333 e. The molecule has 0 atom stereocenters. The van der Waals surface area contributed by atoms with Crippen LogP contribution in [0.3, 0.4) is 0 Å². The molecule has 0 N–H and O–H groups in total. The summed E-state index contributed by atoms with van der Waals surface area (Å²) in [6.45, 7) is 15.7. The summed E-state index contributed by atoms with van der Waals surface area (Å²) in [5.41, 5.74) is 0.955. The smallest absolute Gasteiger partial charge is 0.333 e. The van der Waals surface area contributed by atoms with Gasteiger partial charge in [-0.05, 0) is 26.7 Å². The minimum Gasteiger partial charge on any atom is -0.462 e. The molecule has 0 heterocycles. The van der Waals surface area contributed by atoms with Gasteiger partial charge in [0.25, 0.3) is 0 Å². The van der Waals surface area contributed by atoms with Gasteiger partial charge in [-0.2, -0.15) is 0 Å². The second-order valence-electron chi connectivity index (χ2n) is 5.95. The Kier molecular flexibility index (Phi) is 18.3. The molecule has 0 aliphatic carbocycles. The Labute approximate surface area is 148 Å². The highest BCUT2D eigenvalue weighted by atomic mass is 16.5. The molecule has 0 aromatic carbocycles. The van der Waals surface area contributed by atoms with Gasteiger partial charge in [-0.1, -0.05) is 65.5 Å². The van der Waals surface area contributed by atoms with Gasteiger partial charge in [0, 0.05) is 11.1 Å². The van der Waals surface area contributed by atoms with Gasteiger partial charge in [0.2, 0.25) is 0 Å². The fourth-order valence-corrected chi connectivity index (χ4v) is 1.63. The van der Waals surface area contributed by atoms with Gasteiger partial charge < -0.3 is 9.47 Å². The first kappa shape index (κ1) is 24.7. The number of esters is 2. The molecule has 0 bridgehead atoms. The van der Waals surface area contributed by atoms with Crippen molar-refractivity contribution >= 4 is 11.9 Å². The van der Waals surface area contributed by atoms with Crippen molar-refractivity contribution < 1.29 is 19.1 Å². The first-order chi connectivity index (χ1) is 11.4. The summed E-state index contributed by atoms with van der Waals surface area (Å²) in [7, 11) is 0. The zero-order chi connectivity index (χ0) is 18.8. The summed E-state index contributed by atoms with van der Waals surface area (Å²) >= 11 is 0. The van der Waals surface area contributed by atoms with Crippen LogP contribution in [0.4, 0.5) is 0 Å². The maximum atomic E-state index is 10.9. The van der Waals surface area contributed by atoms with Crippen molar-refractivity contribution in [1.82, 2.24) is 0 Å². The van der Waals surface area contributed by atoms with Crippen molar-refractivity contribution in [3.8, 4) is 0 Å². The minimum absolute atomic E-state index is 0.272. The summed E-state index contributed by atoms with van der Waals surface area (Å²) < 4.78 is 9.82. The molecule has 140 valence electrons. The molecule has 4 nitrogen and oxygen atoms in total. The number of carbonyl (C=O) groups excluding carboxylic acids is 2. The summed E-state index contributed by atoms with van der Waals surface area (Å²) in [5, 5.41) is 0. The van der Waals surface area contributed by atoms with Crippen LogP contribution < -0.4 is 0 Å². The quantitative estimate of drug-likeness (QED) is 0.272. The predicted molar refractivity (Wildman–Crippen MR) is 99.8 cm³/mol. The molecule has 0 saturated carbocycles. The van der Waals surface area contributed by atoms with Crippen LogP contribution >= 0.6 is 0 Å². The van der Waals surface area contributed by atoms with E-state index in [1.165, 1.54) is 25.7 Å². The minimum atomic E-state index is -0.272. The lowest BCUT2D eigenvalue weighted by Crippen LogP contribution is -2.05. The summed E-state index contributed by atoms with van der Waals surface area (Å²) in [4.78, 5) is 21.7. The molecule has 0 fully saturated rings. The van der Waals surface area contributed by atoms with E-state index in [0.717, 1.165) is 25.7 Å². The van der Waals surface area contributed by atoms with Crippen LogP contribution in [-0.2, 0) is 19.1 Å². The zero-order valence-electron chi connectivity index (χ0n) is 16.1. The van der Waals surface area contributed by atoms with Crippen LogP contribution in [0, 0.1) is 0 Å². The normalized spacial score (nSPS) is 9.50. The molecule has 0 spiro atoms. The second kappa shape index (κ2) is 17.8. The number of carbonyl (C=O) groups is 2. The van der Waals surface area contributed by atoms with Crippen LogP contribution in [0.1, 0.15) is 79.1 Å². The molecule has 0 rings (SSSR count). The van der Waals surface area contributed by atoms with Crippen molar-refractivity contribution in [2.45, 2.75) is 79.1 Å². The first-order valence-electron chi connectivity index (χ1n) is 9.02. The van der Waals surface area contributed by atoms with E-state index in [4.69, 9.17) is 9.47 Å². The van der Waals surface area contributed by atoms with E-state index in [1.54, 1.807) is 13.8 Å². The molecule has 0 aromatic rings. The van der Waals surface area contributed by atoms with Crippen molar-refractivity contribution in [3.63, 3.8) is 0 Å². The van der Waals surface area contributed by atoms with Crippen molar-refractivity contribution in [3.05, 3.63) is 24.3 Å². The lowest BCUT2D eigenvalue weighted by molar-refractivity contribution is -0.139. The van der Waals surface area contributed by atoms with Gasteiger partial charge in [0.05, 0.1) is 13.2 Å². The lowest BCUT2D eigenvalue weighted by atomic mass is 10.2.